The van der Waals surface area contributed by atoms with Gasteiger partial charge in [-0.2, -0.15) is 5.10 Å². The molecule has 3 aromatic rings. The van der Waals surface area contributed by atoms with Crippen molar-refractivity contribution in [2.75, 3.05) is 6.61 Å². The molecule has 0 spiro atoms. The zero-order valence-electron chi connectivity index (χ0n) is 15.0. The van der Waals surface area contributed by atoms with Crippen LogP contribution in [0.3, 0.4) is 0 Å². The maximum atomic E-state index is 12.8. The number of nitrogens with zero attached hydrogens (tertiary/aromatic N) is 3. The summed E-state index contributed by atoms with van der Waals surface area (Å²) < 4.78 is 7.66. The summed E-state index contributed by atoms with van der Waals surface area (Å²) in [7, 11) is 1.92. The highest BCUT2D eigenvalue weighted by molar-refractivity contribution is 5.79. The molecule has 0 bridgehead atoms. The van der Waals surface area contributed by atoms with Gasteiger partial charge >= 0.3 is 6.03 Å². The average Bonchev–Trinajstić information content (AvgIpc) is 2.93. The first-order valence-electron chi connectivity index (χ1n) is 8.77. The minimum atomic E-state index is -0.0806. The fourth-order valence-electron chi connectivity index (χ4n) is 3.27. The van der Waals surface area contributed by atoms with Gasteiger partial charge in [0.25, 0.3) is 0 Å². The lowest BCUT2D eigenvalue weighted by Crippen LogP contribution is -2.45. The lowest BCUT2D eigenvalue weighted by atomic mass is 10.1. The van der Waals surface area contributed by atoms with Crippen LogP contribution >= 0.6 is 0 Å². The molecule has 2 heterocycles. The van der Waals surface area contributed by atoms with E-state index in [1.807, 2.05) is 66.1 Å². The van der Waals surface area contributed by atoms with Gasteiger partial charge in [-0.3, -0.25) is 4.68 Å². The van der Waals surface area contributed by atoms with Crippen molar-refractivity contribution in [1.29, 1.82) is 0 Å². The molecule has 1 aliphatic heterocycles. The Labute approximate surface area is 152 Å². The number of hydrogen-bond donors (Lipinski definition) is 1. The lowest BCUT2D eigenvalue weighted by molar-refractivity contribution is 0.156. The Balaban J connectivity index is 1.47. The van der Waals surface area contributed by atoms with Crippen molar-refractivity contribution in [3.8, 4) is 5.75 Å². The fraction of sp³-hybridized carbons (Fsp3) is 0.300. The van der Waals surface area contributed by atoms with Crippen molar-refractivity contribution < 1.29 is 9.53 Å². The maximum absolute atomic E-state index is 12.8. The molecule has 1 aromatic heterocycles. The van der Waals surface area contributed by atoms with Crippen LogP contribution in [0, 0.1) is 0 Å². The lowest BCUT2D eigenvalue weighted by Gasteiger charge is -2.26. The smallest absolute Gasteiger partial charge is 0.318 e. The van der Waals surface area contributed by atoms with Crippen LogP contribution in [-0.2, 0) is 20.1 Å². The number of fused-ring (bicyclic) bond motifs is 2. The van der Waals surface area contributed by atoms with Crippen molar-refractivity contribution in [3.63, 3.8) is 0 Å². The van der Waals surface area contributed by atoms with E-state index in [9.17, 15) is 4.79 Å². The van der Waals surface area contributed by atoms with Crippen molar-refractivity contribution in [1.82, 2.24) is 20.0 Å². The number of carbonyl (C=O) groups excluding carboxylic acids is 1. The normalized spacial score (nSPS) is 16.7. The fourth-order valence-corrected chi connectivity index (χ4v) is 3.27. The van der Waals surface area contributed by atoms with E-state index in [1.165, 1.54) is 0 Å². The van der Waals surface area contributed by atoms with E-state index in [1.54, 1.807) is 0 Å². The van der Waals surface area contributed by atoms with Gasteiger partial charge in [-0.05, 0) is 24.6 Å². The highest BCUT2D eigenvalue weighted by Gasteiger charge is 2.25. The molecule has 0 saturated heterocycles. The minimum Gasteiger partial charge on any atom is -0.491 e. The van der Waals surface area contributed by atoms with Gasteiger partial charge < -0.3 is 15.0 Å². The molecule has 2 aromatic carbocycles. The third kappa shape index (κ3) is 3.10. The molecular weight excluding hydrogens is 328 g/mol. The summed E-state index contributed by atoms with van der Waals surface area (Å²) in [5, 5.41) is 8.39. The molecule has 1 aliphatic rings. The monoisotopic (exact) mass is 350 g/mol. The predicted octanol–water partition coefficient (Wildman–Crippen LogP) is 3.07. The van der Waals surface area contributed by atoms with E-state index in [2.05, 4.69) is 16.5 Å². The van der Waals surface area contributed by atoms with Gasteiger partial charge in [0, 0.05) is 24.5 Å². The number of rotatable bonds is 2. The van der Waals surface area contributed by atoms with E-state index < -0.39 is 0 Å². The topological polar surface area (TPSA) is 59.4 Å². The standard InChI is InChI=1S/C20H22N4O2/c1-14-13-26-19-6-4-3-5-17(19)12-24(14)20(25)21-10-15-7-8-16-11-22-23(2)18(16)9-15/h3-9,11,14H,10,12-13H2,1-2H3,(H,21,25). The average molecular weight is 350 g/mol. The van der Waals surface area contributed by atoms with E-state index in [-0.39, 0.29) is 12.1 Å². The molecule has 1 unspecified atom stereocenters. The predicted molar refractivity (Wildman–Crippen MR) is 99.9 cm³/mol. The number of aromatic nitrogens is 2. The summed E-state index contributed by atoms with van der Waals surface area (Å²) in [6.45, 7) is 3.52. The quantitative estimate of drug-likeness (QED) is 0.773. The molecule has 0 radical (unpaired) electrons. The van der Waals surface area contributed by atoms with Crippen molar-refractivity contribution in [2.45, 2.75) is 26.1 Å². The van der Waals surface area contributed by atoms with Gasteiger partial charge in [0.2, 0.25) is 0 Å². The Hall–Kier alpha value is -3.02. The van der Waals surface area contributed by atoms with E-state index >= 15 is 0 Å². The number of hydrogen-bond acceptors (Lipinski definition) is 3. The molecule has 1 N–H and O–H groups in total. The third-order valence-electron chi connectivity index (χ3n) is 4.84. The van der Waals surface area contributed by atoms with Gasteiger partial charge in [0.15, 0.2) is 0 Å². The summed E-state index contributed by atoms with van der Waals surface area (Å²) in [6.07, 6.45) is 1.84. The SMILES string of the molecule is CC1COc2ccccc2CN1C(=O)NCc1ccc2cnn(C)c2c1. The van der Waals surface area contributed by atoms with Crippen LogP contribution in [-0.4, -0.2) is 33.4 Å². The second-order valence-corrected chi connectivity index (χ2v) is 6.72. The van der Waals surface area contributed by atoms with Crippen LogP contribution in [0.1, 0.15) is 18.1 Å². The first-order chi connectivity index (χ1) is 12.6. The number of benzene rings is 2. The van der Waals surface area contributed by atoms with Crippen LogP contribution in [0.5, 0.6) is 5.75 Å². The molecular formula is C20H22N4O2. The van der Waals surface area contributed by atoms with Crippen LogP contribution in [0.25, 0.3) is 10.9 Å². The number of carbonyl (C=O) groups is 1. The summed E-state index contributed by atoms with van der Waals surface area (Å²) in [4.78, 5) is 14.6. The van der Waals surface area contributed by atoms with Crippen LogP contribution in [0.4, 0.5) is 4.79 Å². The molecule has 0 aliphatic carbocycles. The number of ether oxygens (including phenoxy) is 1. The first-order valence-corrected chi connectivity index (χ1v) is 8.77. The van der Waals surface area contributed by atoms with Crippen molar-refractivity contribution >= 4 is 16.9 Å². The second kappa shape index (κ2) is 6.71. The third-order valence-corrected chi connectivity index (χ3v) is 4.84. The highest BCUT2D eigenvalue weighted by atomic mass is 16.5. The molecule has 0 fully saturated rings. The Morgan fingerprint density at radius 3 is 3.04 bits per heavy atom. The summed E-state index contributed by atoms with van der Waals surface area (Å²) in [6, 6.07) is 13.9. The van der Waals surface area contributed by atoms with Gasteiger partial charge in [-0.1, -0.05) is 30.3 Å². The van der Waals surface area contributed by atoms with E-state index in [0.717, 1.165) is 27.8 Å². The molecule has 4 rings (SSSR count). The van der Waals surface area contributed by atoms with E-state index in [4.69, 9.17) is 4.74 Å². The zero-order valence-corrected chi connectivity index (χ0v) is 15.0. The Kier molecular flexibility index (Phi) is 4.24. The summed E-state index contributed by atoms with van der Waals surface area (Å²) >= 11 is 0. The highest BCUT2D eigenvalue weighted by Crippen LogP contribution is 2.24. The molecule has 1 atom stereocenters. The van der Waals surface area contributed by atoms with Crippen LogP contribution in [0.15, 0.2) is 48.7 Å². The number of nitrogens with one attached hydrogen (secondary N) is 1. The van der Waals surface area contributed by atoms with Crippen molar-refractivity contribution in [2.24, 2.45) is 7.05 Å². The zero-order chi connectivity index (χ0) is 18.1. The number of amides is 2. The molecule has 134 valence electrons. The minimum absolute atomic E-state index is 0.00181. The molecule has 0 saturated carbocycles. The molecule has 6 heteroatoms. The number of para-hydroxylation sites is 1. The number of aryl methyl sites for hydroxylation is 1. The largest absolute Gasteiger partial charge is 0.491 e. The molecule has 6 nitrogen and oxygen atoms in total. The van der Waals surface area contributed by atoms with Crippen LogP contribution in [0.2, 0.25) is 0 Å². The summed E-state index contributed by atoms with van der Waals surface area (Å²) in [5.74, 6) is 0.858. The Morgan fingerprint density at radius 2 is 2.15 bits per heavy atom. The van der Waals surface area contributed by atoms with Gasteiger partial charge in [0.1, 0.15) is 12.4 Å². The number of urea groups is 1. The summed E-state index contributed by atoms with van der Waals surface area (Å²) in [5.41, 5.74) is 3.14. The van der Waals surface area contributed by atoms with Crippen molar-refractivity contribution in [3.05, 3.63) is 59.8 Å². The molecule has 26 heavy (non-hydrogen) atoms. The van der Waals surface area contributed by atoms with Gasteiger partial charge in [-0.15, -0.1) is 0 Å². The maximum Gasteiger partial charge on any atom is 0.318 e. The van der Waals surface area contributed by atoms with Gasteiger partial charge in [0.05, 0.1) is 24.3 Å². The van der Waals surface area contributed by atoms with E-state index in [0.29, 0.717) is 19.7 Å². The molecule has 2 amide bonds. The van der Waals surface area contributed by atoms with Crippen LogP contribution < -0.4 is 10.1 Å². The second-order valence-electron chi connectivity index (χ2n) is 6.72. The Morgan fingerprint density at radius 1 is 1.31 bits per heavy atom. The first kappa shape index (κ1) is 16.4. The van der Waals surface area contributed by atoms with Gasteiger partial charge in [-0.25, -0.2) is 4.79 Å². The Bertz CT molecular complexity index is 950.